The standard InChI is InChI=1S/C22H18BrFN2O3/c1-28-18-9-5-17(6-10-18)26-22(27)14-29-19-7-2-15(3-8-19)13-25-21-11-4-16(23)12-20(21)24/h2-13H,14H2,1H3,(H,26,27). The summed E-state index contributed by atoms with van der Waals surface area (Å²) in [5.41, 5.74) is 1.69. The molecule has 3 aromatic rings. The van der Waals surface area contributed by atoms with Crippen molar-refractivity contribution < 1.29 is 18.7 Å². The van der Waals surface area contributed by atoms with Crippen LogP contribution < -0.4 is 14.8 Å². The molecule has 0 atom stereocenters. The van der Waals surface area contributed by atoms with Crippen LogP contribution in [0.25, 0.3) is 0 Å². The molecule has 29 heavy (non-hydrogen) atoms. The maximum Gasteiger partial charge on any atom is 0.262 e. The molecule has 3 aromatic carbocycles. The van der Waals surface area contributed by atoms with Crippen molar-refractivity contribution in [2.24, 2.45) is 4.99 Å². The number of nitrogens with zero attached hydrogens (tertiary/aromatic N) is 1. The molecule has 5 nitrogen and oxygen atoms in total. The van der Waals surface area contributed by atoms with E-state index in [-0.39, 0.29) is 18.2 Å². The summed E-state index contributed by atoms with van der Waals surface area (Å²) in [6.45, 7) is -0.121. The lowest BCUT2D eigenvalue weighted by atomic mass is 10.2. The Kier molecular flexibility index (Phi) is 6.97. The second-order valence-electron chi connectivity index (χ2n) is 5.99. The molecular formula is C22H18BrFN2O3. The monoisotopic (exact) mass is 456 g/mol. The number of methoxy groups -OCH3 is 1. The summed E-state index contributed by atoms with van der Waals surface area (Å²) in [6.07, 6.45) is 1.56. The zero-order valence-corrected chi connectivity index (χ0v) is 17.1. The van der Waals surface area contributed by atoms with Gasteiger partial charge in [-0.2, -0.15) is 0 Å². The number of nitrogens with one attached hydrogen (secondary N) is 1. The highest BCUT2D eigenvalue weighted by Crippen LogP contribution is 2.22. The lowest BCUT2D eigenvalue weighted by Gasteiger charge is -2.08. The van der Waals surface area contributed by atoms with Crippen LogP contribution in [-0.4, -0.2) is 25.8 Å². The topological polar surface area (TPSA) is 59.9 Å². The van der Waals surface area contributed by atoms with Gasteiger partial charge in [-0.15, -0.1) is 0 Å². The van der Waals surface area contributed by atoms with E-state index in [0.717, 1.165) is 5.56 Å². The number of hydrogen-bond donors (Lipinski definition) is 1. The number of aliphatic imine (C=N–C) groups is 1. The summed E-state index contributed by atoms with van der Waals surface area (Å²) in [5.74, 6) is 0.581. The fourth-order valence-electron chi connectivity index (χ4n) is 2.40. The SMILES string of the molecule is COc1ccc(NC(=O)COc2ccc(C=Nc3ccc(Br)cc3F)cc2)cc1. The number of amides is 1. The average Bonchev–Trinajstić information content (AvgIpc) is 2.73. The summed E-state index contributed by atoms with van der Waals surface area (Å²) in [5, 5.41) is 2.74. The summed E-state index contributed by atoms with van der Waals surface area (Å²) in [7, 11) is 1.58. The largest absolute Gasteiger partial charge is 0.497 e. The van der Waals surface area contributed by atoms with Crippen molar-refractivity contribution in [3.05, 3.63) is 82.6 Å². The average molecular weight is 457 g/mol. The van der Waals surface area contributed by atoms with Gasteiger partial charge in [0.05, 0.1) is 12.8 Å². The fraction of sp³-hybridized carbons (Fsp3) is 0.0909. The Balaban J connectivity index is 1.52. The lowest BCUT2D eigenvalue weighted by molar-refractivity contribution is -0.118. The van der Waals surface area contributed by atoms with Crippen LogP contribution in [0.3, 0.4) is 0 Å². The van der Waals surface area contributed by atoms with Gasteiger partial charge >= 0.3 is 0 Å². The second kappa shape index (κ2) is 9.84. The first-order valence-electron chi connectivity index (χ1n) is 8.69. The minimum absolute atomic E-state index is 0.121. The van der Waals surface area contributed by atoms with E-state index < -0.39 is 5.82 Å². The van der Waals surface area contributed by atoms with E-state index >= 15 is 0 Å². The molecule has 0 saturated carbocycles. The molecule has 0 bridgehead atoms. The predicted octanol–water partition coefficient (Wildman–Crippen LogP) is 5.36. The zero-order valence-electron chi connectivity index (χ0n) is 15.6. The number of carbonyl (C=O) groups excluding carboxylic acids is 1. The van der Waals surface area contributed by atoms with E-state index in [2.05, 4.69) is 26.2 Å². The van der Waals surface area contributed by atoms with Crippen LogP contribution in [0.5, 0.6) is 11.5 Å². The van der Waals surface area contributed by atoms with E-state index in [1.807, 2.05) is 0 Å². The van der Waals surface area contributed by atoms with Crippen molar-refractivity contribution >= 4 is 39.4 Å². The molecule has 0 aromatic heterocycles. The van der Waals surface area contributed by atoms with Gasteiger partial charge in [0.15, 0.2) is 6.61 Å². The van der Waals surface area contributed by atoms with Crippen LogP contribution in [0.4, 0.5) is 15.8 Å². The molecule has 0 radical (unpaired) electrons. The van der Waals surface area contributed by atoms with Gasteiger partial charge in [-0.3, -0.25) is 9.79 Å². The van der Waals surface area contributed by atoms with Crippen LogP contribution in [0, 0.1) is 5.82 Å². The summed E-state index contributed by atoms with van der Waals surface area (Å²) in [6, 6.07) is 18.7. The molecule has 0 aliphatic rings. The number of rotatable bonds is 7. The smallest absolute Gasteiger partial charge is 0.262 e. The molecule has 7 heteroatoms. The van der Waals surface area contributed by atoms with Crippen molar-refractivity contribution in [3.8, 4) is 11.5 Å². The molecule has 148 valence electrons. The number of hydrogen-bond acceptors (Lipinski definition) is 4. The quantitative estimate of drug-likeness (QED) is 0.486. The number of ether oxygens (including phenoxy) is 2. The Morgan fingerprint density at radius 1 is 1.07 bits per heavy atom. The van der Waals surface area contributed by atoms with Crippen LogP contribution >= 0.6 is 15.9 Å². The molecule has 0 aliphatic carbocycles. The Morgan fingerprint density at radius 3 is 2.41 bits per heavy atom. The number of carbonyl (C=O) groups is 1. The van der Waals surface area contributed by atoms with Gasteiger partial charge in [0.1, 0.15) is 17.3 Å². The second-order valence-corrected chi connectivity index (χ2v) is 6.90. The minimum Gasteiger partial charge on any atom is -0.497 e. The molecule has 0 saturated heterocycles. The highest BCUT2D eigenvalue weighted by atomic mass is 79.9. The van der Waals surface area contributed by atoms with Crippen LogP contribution in [-0.2, 0) is 4.79 Å². The van der Waals surface area contributed by atoms with E-state index in [1.54, 1.807) is 74.0 Å². The van der Waals surface area contributed by atoms with Crippen molar-refractivity contribution in [3.63, 3.8) is 0 Å². The molecule has 0 aliphatic heterocycles. The normalized spacial score (nSPS) is 10.7. The van der Waals surface area contributed by atoms with Gasteiger partial charge in [-0.25, -0.2) is 4.39 Å². The summed E-state index contributed by atoms with van der Waals surface area (Å²) >= 11 is 3.21. The van der Waals surface area contributed by atoms with Gasteiger partial charge < -0.3 is 14.8 Å². The zero-order chi connectivity index (χ0) is 20.6. The van der Waals surface area contributed by atoms with E-state index in [1.165, 1.54) is 6.07 Å². The van der Waals surface area contributed by atoms with Crippen LogP contribution in [0.1, 0.15) is 5.56 Å². The molecule has 1 N–H and O–H groups in total. The maximum absolute atomic E-state index is 13.8. The van der Waals surface area contributed by atoms with Gasteiger partial charge in [-0.05, 0) is 72.3 Å². The molecule has 3 rings (SSSR count). The Hall–Kier alpha value is -3.19. The third kappa shape index (κ3) is 6.15. The fourth-order valence-corrected chi connectivity index (χ4v) is 2.73. The number of halogens is 2. The van der Waals surface area contributed by atoms with Crippen molar-refractivity contribution in [1.82, 2.24) is 0 Å². The third-order valence-corrected chi connectivity index (χ3v) is 4.38. The Morgan fingerprint density at radius 2 is 1.76 bits per heavy atom. The van der Waals surface area contributed by atoms with Crippen LogP contribution in [0.2, 0.25) is 0 Å². The predicted molar refractivity (Wildman–Crippen MR) is 115 cm³/mol. The van der Waals surface area contributed by atoms with Gasteiger partial charge in [0.2, 0.25) is 0 Å². The van der Waals surface area contributed by atoms with Gasteiger partial charge in [-0.1, -0.05) is 15.9 Å². The first kappa shape index (κ1) is 20.5. The molecular weight excluding hydrogens is 439 g/mol. The molecule has 0 unspecified atom stereocenters. The molecule has 0 fully saturated rings. The van der Waals surface area contributed by atoms with E-state index in [9.17, 15) is 9.18 Å². The summed E-state index contributed by atoms with van der Waals surface area (Å²) in [4.78, 5) is 16.1. The molecule has 0 spiro atoms. The van der Waals surface area contributed by atoms with E-state index in [4.69, 9.17) is 9.47 Å². The van der Waals surface area contributed by atoms with Crippen molar-refractivity contribution in [2.45, 2.75) is 0 Å². The van der Waals surface area contributed by atoms with Crippen LogP contribution in [0.15, 0.2) is 76.2 Å². The number of anilines is 1. The lowest BCUT2D eigenvalue weighted by Crippen LogP contribution is -2.20. The van der Waals surface area contributed by atoms with Crippen molar-refractivity contribution in [2.75, 3.05) is 19.0 Å². The first-order chi connectivity index (χ1) is 14.0. The molecule has 1 amide bonds. The summed E-state index contributed by atoms with van der Waals surface area (Å²) < 4.78 is 25.0. The Labute approximate surface area is 176 Å². The minimum atomic E-state index is -0.404. The third-order valence-electron chi connectivity index (χ3n) is 3.89. The van der Waals surface area contributed by atoms with Gasteiger partial charge in [0.25, 0.3) is 5.91 Å². The van der Waals surface area contributed by atoms with E-state index in [0.29, 0.717) is 21.7 Å². The molecule has 0 heterocycles. The Bertz CT molecular complexity index is 1010. The highest BCUT2D eigenvalue weighted by Gasteiger charge is 2.05. The highest BCUT2D eigenvalue weighted by molar-refractivity contribution is 9.10. The number of benzene rings is 3. The van der Waals surface area contributed by atoms with Crippen molar-refractivity contribution in [1.29, 1.82) is 0 Å². The maximum atomic E-state index is 13.8. The van der Waals surface area contributed by atoms with Gasteiger partial charge in [0, 0.05) is 16.4 Å². The first-order valence-corrected chi connectivity index (χ1v) is 9.49.